The monoisotopic (exact) mass is 309 g/mol. The Morgan fingerprint density at radius 1 is 1.45 bits per heavy atom. The van der Waals surface area contributed by atoms with Gasteiger partial charge < -0.3 is 14.4 Å². The van der Waals surface area contributed by atoms with Crippen molar-refractivity contribution in [1.29, 1.82) is 0 Å². The fourth-order valence-electron chi connectivity index (χ4n) is 2.44. The van der Waals surface area contributed by atoms with Crippen LogP contribution in [0.15, 0.2) is 24.3 Å². The van der Waals surface area contributed by atoms with E-state index in [1.165, 1.54) is 30.2 Å². The Labute approximate surface area is 129 Å². The molecule has 1 atom stereocenters. The first kappa shape index (κ1) is 16.4. The minimum atomic E-state index is -0.462. The highest BCUT2D eigenvalue weighted by atomic mass is 19.1. The molecular weight excluding hydrogens is 289 g/mol. The van der Waals surface area contributed by atoms with Gasteiger partial charge in [-0.25, -0.2) is 4.39 Å². The van der Waals surface area contributed by atoms with Crippen LogP contribution in [0.2, 0.25) is 0 Å². The zero-order chi connectivity index (χ0) is 15.9. The SMILES string of the molecule is COC(=O)CCN(CC1CCCO1)C(=O)c1cccc(F)c1. The van der Waals surface area contributed by atoms with Gasteiger partial charge in [-0.15, -0.1) is 0 Å². The van der Waals surface area contributed by atoms with E-state index in [9.17, 15) is 14.0 Å². The molecule has 0 radical (unpaired) electrons. The predicted molar refractivity (Wildman–Crippen MR) is 77.9 cm³/mol. The molecule has 1 aliphatic heterocycles. The minimum absolute atomic E-state index is 0.0323. The molecule has 1 aromatic carbocycles. The molecule has 2 rings (SSSR count). The van der Waals surface area contributed by atoms with E-state index in [4.69, 9.17) is 4.74 Å². The van der Waals surface area contributed by atoms with E-state index < -0.39 is 5.82 Å². The van der Waals surface area contributed by atoms with Crippen LogP contribution in [0.3, 0.4) is 0 Å². The summed E-state index contributed by atoms with van der Waals surface area (Å²) in [7, 11) is 1.31. The van der Waals surface area contributed by atoms with Gasteiger partial charge in [-0.1, -0.05) is 6.07 Å². The highest BCUT2D eigenvalue weighted by Crippen LogP contribution is 2.16. The van der Waals surface area contributed by atoms with Crippen LogP contribution in [0.4, 0.5) is 4.39 Å². The Bertz CT molecular complexity index is 529. The van der Waals surface area contributed by atoms with Gasteiger partial charge in [-0.05, 0) is 31.0 Å². The smallest absolute Gasteiger partial charge is 0.307 e. The van der Waals surface area contributed by atoms with Crippen molar-refractivity contribution in [3.8, 4) is 0 Å². The average Bonchev–Trinajstić information content (AvgIpc) is 3.03. The van der Waals surface area contributed by atoms with E-state index in [1.807, 2.05) is 0 Å². The number of hydrogen-bond donors (Lipinski definition) is 0. The molecule has 0 saturated carbocycles. The van der Waals surface area contributed by atoms with Gasteiger partial charge in [0, 0.05) is 25.3 Å². The first-order chi connectivity index (χ1) is 10.6. The lowest BCUT2D eigenvalue weighted by atomic mass is 10.1. The predicted octanol–water partition coefficient (Wildman–Crippen LogP) is 2.01. The van der Waals surface area contributed by atoms with Crippen LogP contribution in [-0.4, -0.2) is 49.7 Å². The summed E-state index contributed by atoms with van der Waals surface area (Å²) in [5.74, 6) is -1.15. The number of carbonyl (C=O) groups excluding carboxylic acids is 2. The molecule has 1 aliphatic rings. The third-order valence-corrected chi connectivity index (χ3v) is 3.62. The molecule has 22 heavy (non-hydrogen) atoms. The maximum Gasteiger partial charge on any atom is 0.307 e. The maximum absolute atomic E-state index is 13.3. The van der Waals surface area contributed by atoms with Crippen LogP contribution in [0.1, 0.15) is 29.6 Å². The molecule has 6 heteroatoms. The van der Waals surface area contributed by atoms with Crippen molar-refractivity contribution < 1.29 is 23.5 Å². The zero-order valence-electron chi connectivity index (χ0n) is 12.6. The third-order valence-electron chi connectivity index (χ3n) is 3.62. The van der Waals surface area contributed by atoms with Crippen LogP contribution in [0.5, 0.6) is 0 Å². The number of nitrogens with zero attached hydrogens (tertiary/aromatic N) is 1. The number of esters is 1. The van der Waals surface area contributed by atoms with Crippen LogP contribution >= 0.6 is 0 Å². The van der Waals surface area contributed by atoms with Crippen molar-refractivity contribution in [2.45, 2.75) is 25.4 Å². The molecule has 5 nitrogen and oxygen atoms in total. The van der Waals surface area contributed by atoms with Crippen molar-refractivity contribution in [3.05, 3.63) is 35.6 Å². The molecule has 0 aromatic heterocycles. The van der Waals surface area contributed by atoms with Crippen LogP contribution in [0, 0.1) is 5.82 Å². The van der Waals surface area contributed by atoms with Gasteiger partial charge in [-0.2, -0.15) is 0 Å². The van der Waals surface area contributed by atoms with E-state index in [0.29, 0.717) is 13.2 Å². The number of rotatable bonds is 6. The molecule has 0 bridgehead atoms. The quantitative estimate of drug-likeness (QED) is 0.754. The summed E-state index contributed by atoms with van der Waals surface area (Å²) >= 11 is 0. The van der Waals surface area contributed by atoms with Gasteiger partial charge in [0.1, 0.15) is 5.82 Å². The van der Waals surface area contributed by atoms with E-state index in [2.05, 4.69) is 4.74 Å². The fourth-order valence-corrected chi connectivity index (χ4v) is 2.44. The number of benzene rings is 1. The fraction of sp³-hybridized carbons (Fsp3) is 0.500. The number of carbonyl (C=O) groups is 2. The Kier molecular flexibility index (Phi) is 5.89. The first-order valence-electron chi connectivity index (χ1n) is 7.33. The van der Waals surface area contributed by atoms with Crippen molar-refractivity contribution in [1.82, 2.24) is 4.90 Å². The van der Waals surface area contributed by atoms with Crippen LogP contribution in [0.25, 0.3) is 0 Å². The normalized spacial score (nSPS) is 17.3. The molecule has 1 unspecified atom stereocenters. The molecule has 120 valence electrons. The van der Waals surface area contributed by atoms with Gasteiger partial charge in [0.25, 0.3) is 5.91 Å². The van der Waals surface area contributed by atoms with Gasteiger partial charge in [0.15, 0.2) is 0 Å². The Morgan fingerprint density at radius 2 is 2.27 bits per heavy atom. The van der Waals surface area contributed by atoms with Crippen molar-refractivity contribution in [2.75, 3.05) is 26.8 Å². The summed E-state index contributed by atoms with van der Waals surface area (Å²) in [5.41, 5.74) is 0.267. The number of amides is 1. The zero-order valence-corrected chi connectivity index (χ0v) is 12.6. The van der Waals surface area contributed by atoms with E-state index >= 15 is 0 Å². The van der Waals surface area contributed by atoms with Gasteiger partial charge in [0.05, 0.1) is 19.6 Å². The number of hydrogen-bond acceptors (Lipinski definition) is 4. The molecule has 1 saturated heterocycles. The highest BCUT2D eigenvalue weighted by Gasteiger charge is 2.24. The van der Waals surface area contributed by atoms with Crippen molar-refractivity contribution >= 4 is 11.9 Å². The Morgan fingerprint density at radius 3 is 2.91 bits per heavy atom. The Hall–Kier alpha value is -1.95. The summed E-state index contributed by atoms with van der Waals surface area (Å²) in [6, 6.07) is 5.54. The minimum Gasteiger partial charge on any atom is -0.469 e. The first-order valence-corrected chi connectivity index (χ1v) is 7.33. The molecule has 1 aromatic rings. The van der Waals surface area contributed by atoms with Gasteiger partial charge in [-0.3, -0.25) is 9.59 Å². The van der Waals surface area contributed by atoms with E-state index in [-0.39, 0.29) is 36.5 Å². The largest absolute Gasteiger partial charge is 0.469 e. The summed E-state index contributed by atoms with van der Waals surface area (Å²) in [6.07, 6.45) is 1.91. The molecule has 0 aliphatic carbocycles. The maximum atomic E-state index is 13.3. The summed E-state index contributed by atoms with van der Waals surface area (Å²) in [5, 5.41) is 0. The lowest BCUT2D eigenvalue weighted by Gasteiger charge is -2.25. The van der Waals surface area contributed by atoms with Gasteiger partial charge >= 0.3 is 5.97 Å². The summed E-state index contributed by atoms with van der Waals surface area (Å²) in [6.45, 7) is 1.30. The second-order valence-electron chi connectivity index (χ2n) is 5.22. The second-order valence-corrected chi connectivity index (χ2v) is 5.22. The van der Waals surface area contributed by atoms with E-state index in [0.717, 1.165) is 12.8 Å². The topological polar surface area (TPSA) is 55.8 Å². The number of halogens is 1. The standard InChI is InChI=1S/C16H20FNO4/c1-21-15(19)7-8-18(11-14-6-3-9-22-14)16(20)12-4-2-5-13(17)10-12/h2,4-5,10,14H,3,6-9,11H2,1H3. The molecule has 0 spiro atoms. The van der Waals surface area contributed by atoms with Crippen molar-refractivity contribution in [2.24, 2.45) is 0 Å². The molecule has 0 N–H and O–H groups in total. The highest BCUT2D eigenvalue weighted by molar-refractivity contribution is 5.94. The molecular formula is C16H20FNO4. The lowest BCUT2D eigenvalue weighted by Crippen LogP contribution is -2.39. The lowest BCUT2D eigenvalue weighted by molar-refractivity contribution is -0.140. The summed E-state index contributed by atoms with van der Waals surface area (Å²) in [4.78, 5) is 25.4. The van der Waals surface area contributed by atoms with Crippen LogP contribution in [-0.2, 0) is 14.3 Å². The second kappa shape index (κ2) is 7.89. The number of methoxy groups -OCH3 is 1. The van der Waals surface area contributed by atoms with Crippen molar-refractivity contribution in [3.63, 3.8) is 0 Å². The molecule has 1 heterocycles. The summed E-state index contributed by atoms with van der Waals surface area (Å²) < 4.78 is 23.4. The van der Waals surface area contributed by atoms with Crippen LogP contribution < -0.4 is 0 Å². The number of ether oxygens (including phenoxy) is 2. The average molecular weight is 309 g/mol. The third kappa shape index (κ3) is 4.53. The molecule has 1 amide bonds. The van der Waals surface area contributed by atoms with Gasteiger partial charge in [0.2, 0.25) is 0 Å². The molecule has 1 fully saturated rings. The van der Waals surface area contributed by atoms with E-state index in [1.54, 1.807) is 6.07 Å². The Balaban J connectivity index is 2.07.